The van der Waals surface area contributed by atoms with Gasteiger partial charge in [-0.15, -0.1) is 0 Å². The number of anilines is 1. The molecule has 1 aliphatic heterocycles. The maximum atomic E-state index is 13.0. The first kappa shape index (κ1) is 20.8. The lowest BCUT2D eigenvalue weighted by Gasteiger charge is -2.15. The van der Waals surface area contributed by atoms with E-state index in [2.05, 4.69) is 10.4 Å². The van der Waals surface area contributed by atoms with Crippen LogP contribution >= 0.6 is 0 Å². The molecular formula is C24H26N4O3. The van der Waals surface area contributed by atoms with Crippen molar-refractivity contribution in [1.29, 1.82) is 0 Å². The Hall–Kier alpha value is -3.48. The van der Waals surface area contributed by atoms with Crippen molar-refractivity contribution in [3.63, 3.8) is 0 Å². The lowest BCUT2D eigenvalue weighted by Crippen LogP contribution is -2.29. The van der Waals surface area contributed by atoms with Crippen LogP contribution in [0.2, 0.25) is 0 Å². The van der Waals surface area contributed by atoms with Gasteiger partial charge in [0, 0.05) is 36.3 Å². The highest BCUT2D eigenvalue weighted by Gasteiger charge is 2.20. The fraction of sp³-hybridized carbons (Fsp3) is 0.333. The van der Waals surface area contributed by atoms with E-state index in [1.165, 1.54) is 4.68 Å². The summed E-state index contributed by atoms with van der Waals surface area (Å²) in [7, 11) is 0. The summed E-state index contributed by atoms with van der Waals surface area (Å²) >= 11 is 0. The zero-order chi connectivity index (χ0) is 22.0. The average Bonchev–Trinajstić information content (AvgIpc) is 3.30. The number of nitrogens with zero attached hydrogens (tertiary/aromatic N) is 3. The van der Waals surface area contributed by atoms with Crippen LogP contribution in [0.4, 0.5) is 5.69 Å². The molecule has 1 fully saturated rings. The first-order valence-corrected chi connectivity index (χ1v) is 10.6. The molecule has 0 radical (unpaired) electrons. The number of carbonyl (C=O) groups excluding carboxylic acids is 2. The zero-order valence-electron chi connectivity index (χ0n) is 17.8. The van der Waals surface area contributed by atoms with E-state index in [1.807, 2.05) is 18.7 Å². The molecular weight excluding hydrogens is 392 g/mol. The molecule has 4 rings (SSSR count). The minimum Gasteiger partial charge on any atom is -0.339 e. The summed E-state index contributed by atoms with van der Waals surface area (Å²) in [4.78, 5) is 40.1. The lowest BCUT2D eigenvalue weighted by molar-refractivity contribution is 0.0792. The van der Waals surface area contributed by atoms with Gasteiger partial charge in [-0.25, -0.2) is 4.68 Å². The van der Waals surface area contributed by atoms with Gasteiger partial charge < -0.3 is 10.2 Å². The minimum absolute atomic E-state index is 0.0174. The number of fused-ring (bicyclic) bond motifs is 1. The number of aromatic nitrogens is 2. The normalized spacial score (nSPS) is 13.7. The summed E-state index contributed by atoms with van der Waals surface area (Å²) < 4.78 is 1.36. The van der Waals surface area contributed by atoms with Gasteiger partial charge in [0.05, 0.1) is 5.39 Å². The predicted octanol–water partition coefficient (Wildman–Crippen LogP) is 3.54. The number of hydrogen-bond acceptors (Lipinski definition) is 4. The highest BCUT2D eigenvalue weighted by molar-refractivity contribution is 6.11. The second-order valence-corrected chi connectivity index (χ2v) is 8.31. The molecule has 160 valence electrons. The van der Waals surface area contributed by atoms with Gasteiger partial charge in [0.1, 0.15) is 0 Å². The van der Waals surface area contributed by atoms with Gasteiger partial charge in [0.25, 0.3) is 17.4 Å². The largest absolute Gasteiger partial charge is 0.339 e. The van der Waals surface area contributed by atoms with Gasteiger partial charge in [0.2, 0.25) is 0 Å². The SMILES string of the molecule is CC(C)Cn1nc(C(=O)Nc2ccc(C(=O)N3CCCC3)cc2)c2ccccc2c1=O. The molecule has 2 aromatic carbocycles. The summed E-state index contributed by atoms with van der Waals surface area (Å²) in [5.74, 6) is -0.168. The molecule has 0 bridgehead atoms. The molecule has 0 atom stereocenters. The van der Waals surface area contributed by atoms with Crippen LogP contribution in [0.25, 0.3) is 10.8 Å². The molecule has 1 N–H and O–H groups in total. The number of rotatable bonds is 5. The number of benzene rings is 2. The Morgan fingerprint density at radius 2 is 1.65 bits per heavy atom. The Bertz CT molecular complexity index is 1180. The van der Waals surface area contributed by atoms with E-state index in [0.717, 1.165) is 25.9 Å². The maximum absolute atomic E-state index is 13.0. The fourth-order valence-electron chi connectivity index (χ4n) is 3.86. The van der Waals surface area contributed by atoms with Gasteiger partial charge in [-0.1, -0.05) is 32.0 Å². The van der Waals surface area contributed by atoms with Crippen LogP contribution in [0.5, 0.6) is 0 Å². The molecule has 0 spiro atoms. The third kappa shape index (κ3) is 4.35. The van der Waals surface area contributed by atoms with Crippen LogP contribution in [-0.2, 0) is 6.54 Å². The highest BCUT2D eigenvalue weighted by atomic mass is 16.2. The number of amides is 2. The molecule has 2 heterocycles. The van der Waals surface area contributed by atoms with Crippen molar-refractivity contribution in [3.05, 3.63) is 70.1 Å². The van der Waals surface area contributed by atoms with Crippen LogP contribution in [0.3, 0.4) is 0 Å². The van der Waals surface area contributed by atoms with Crippen LogP contribution in [-0.4, -0.2) is 39.6 Å². The van der Waals surface area contributed by atoms with Crippen molar-refractivity contribution >= 4 is 28.3 Å². The molecule has 2 amide bonds. The van der Waals surface area contributed by atoms with Crippen molar-refractivity contribution in [2.75, 3.05) is 18.4 Å². The van der Waals surface area contributed by atoms with E-state index in [1.54, 1.807) is 48.5 Å². The quantitative estimate of drug-likeness (QED) is 0.687. The Morgan fingerprint density at radius 1 is 1.00 bits per heavy atom. The van der Waals surface area contributed by atoms with E-state index >= 15 is 0 Å². The van der Waals surface area contributed by atoms with Crippen molar-refractivity contribution in [2.24, 2.45) is 5.92 Å². The smallest absolute Gasteiger partial charge is 0.276 e. The van der Waals surface area contributed by atoms with Gasteiger partial charge >= 0.3 is 0 Å². The molecule has 7 nitrogen and oxygen atoms in total. The highest BCUT2D eigenvalue weighted by Crippen LogP contribution is 2.18. The van der Waals surface area contributed by atoms with Crippen LogP contribution < -0.4 is 10.9 Å². The van der Waals surface area contributed by atoms with Crippen LogP contribution in [0.15, 0.2) is 53.3 Å². The van der Waals surface area contributed by atoms with Gasteiger partial charge in [-0.3, -0.25) is 14.4 Å². The molecule has 7 heteroatoms. The number of hydrogen-bond donors (Lipinski definition) is 1. The van der Waals surface area contributed by atoms with E-state index < -0.39 is 5.91 Å². The molecule has 0 saturated carbocycles. The topological polar surface area (TPSA) is 84.3 Å². The van der Waals surface area contributed by atoms with E-state index in [0.29, 0.717) is 28.6 Å². The number of carbonyl (C=O) groups is 2. The molecule has 1 aromatic heterocycles. The molecule has 31 heavy (non-hydrogen) atoms. The molecule has 1 aliphatic rings. The predicted molar refractivity (Wildman–Crippen MR) is 120 cm³/mol. The molecule has 3 aromatic rings. The van der Waals surface area contributed by atoms with E-state index in [4.69, 9.17) is 0 Å². The van der Waals surface area contributed by atoms with Gasteiger partial charge in [0.15, 0.2) is 5.69 Å². The van der Waals surface area contributed by atoms with Gasteiger partial charge in [-0.05, 0) is 49.1 Å². The van der Waals surface area contributed by atoms with Crippen molar-refractivity contribution in [2.45, 2.75) is 33.2 Å². The maximum Gasteiger partial charge on any atom is 0.276 e. The minimum atomic E-state index is -0.396. The Balaban J connectivity index is 1.60. The van der Waals surface area contributed by atoms with Gasteiger partial charge in [-0.2, -0.15) is 5.10 Å². The van der Waals surface area contributed by atoms with Crippen LogP contribution in [0.1, 0.15) is 47.5 Å². The number of likely N-dealkylation sites (tertiary alicyclic amines) is 1. The second kappa shape index (κ2) is 8.71. The number of nitrogens with one attached hydrogen (secondary N) is 1. The van der Waals surface area contributed by atoms with Crippen LogP contribution in [0, 0.1) is 5.92 Å². The Labute approximate surface area is 180 Å². The third-order valence-electron chi connectivity index (χ3n) is 5.40. The summed E-state index contributed by atoms with van der Waals surface area (Å²) in [6.45, 7) is 6.00. The summed E-state index contributed by atoms with van der Waals surface area (Å²) in [6, 6.07) is 13.9. The van der Waals surface area contributed by atoms with E-state index in [-0.39, 0.29) is 23.1 Å². The monoisotopic (exact) mass is 418 g/mol. The Morgan fingerprint density at radius 3 is 2.29 bits per heavy atom. The first-order chi connectivity index (χ1) is 14.9. The summed E-state index contributed by atoms with van der Waals surface area (Å²) in [6.07, 6.45) is 2.08. The first-order valence-electron chi connectivity index (χ1n) is 10.6. The Kier molecular flexibility index (Phi) is 5.84. The molecule has 0 aliphatic carbocycles. The zero-order valence-corrected chi connectivity index (χ0v) is 17.8. The summed E-state index contributed by atoms with van der Waals surface area (Å²) in [5, 5.41) is 8.20. The van der Waals surface area contributed by atoms with Crippen molar-refractivity contribution in [1.82, 2.24) is 14.7 Å². The third-order valence-corrected chi connectivity index (χ3v) is 5.40. The van der Waals surface area contributed by atoms with Crippen molar-refractivity contribution < 1.29 is 9.59 Å². The van der Waals surface area contributed by atoms with Crippen molar-refractivity contribution in [3.8, 4) is 0 Å². The standard InChI is InChI=1S/C24H26N4O3/c1-16(2)15-28-24(31)20-8-4-3-7-19(20)21(26-28)22(29)25-18-11-9-17(10-12-18)23(30)27-13-5-6-14-27/h3-4,7-12,16H,5-6,13-15H2,1-2H3,(H,25,29). The molecule has 0 unspecified atom stereocenters. The average molecular weight is 418 g/mol. The molecule has 1 saturated heterocycles. The second-order valence-electron chi connectivity index (χ2n) is 8.31. The lowest BCUT2D eigenvalue weighted by atomic mass is 10.1. The summed E-state index contributed by atoms with van der Waals surface area (Å²) in [5.41, 5.74) is 1.17. The fourth-order valence-corrected chi connectivity index (χ4v) is 3.86. The van der Waals surface area contributed by atoms with E-state index in [9.17, 15) is 14.4 Å².